The SMILES string of the molecule is CC=CCC(CC=C(C)C)C(=O)O. The van der Waals surface area contributed by atoms with E-state index in [0.717, 1.165) is 0 Å². The number of carboxylic acids is 1. The third kappa shape index (κ3) is 6.14. The summed E-state index contributed by atoms with van der Waals surface area (Å²) in [6, 6.07) is 0. The molecule has 0 aliphatic carbocycles. The summed E-state index contributed by atoms with van der Waals surface area (Å²) in [4.78, 5) is 10.8. The lowest BCUT2D eigenvalue weighted by Crippen LogP contribution is -2.11. The predicted octanol–water partition coefficient (Wildman–Crippen LogP) is 3.01. The van der Waals surface area contributed by atoms with Gasteiger partial charge in [-0.1, -0.05) is 23.8 Å². The Balaban J connectivity index is 4.10. The molecule has 0 saturated heterocycles. The summed E-state index contributed by atoms with van der Waals surface area (Å²) in [6.45, 7) is 5.86. The Morgan fingerprint density at radius 2 is 2.00 bits per heavy atom. The predicted molar refractivity (Wildman–Crippen MR) is 54.6 cm³/mol. The fourth-order valence-electron chi connectivity index (χ4n) is 0.976. The summed E-state index contributed by atoms with van der Waals surface area (Å²) in [5.74, 6) is -0.985. The van der Waals surface area contributed by atoms with Crippen LogP contribution in [0.3, 0.4) is 0 Å². The monoisotopic (exact) mass is 182 g/mol. The third-order valence-corrected chi connectivity index (χ3v) is 1.82. The summed E-state index contributed by atoms with van der Waals surface area (Å²) in [5.41, 5.74) is 1.17. The van der Waals surface area contributed by atoms with Crippen LogP contribution in [0.5, 0.6) is 0 Å². The zero-order valence-corrected chi connectivity index (χ0v) is 8.58. The summed E-state index contributed by atoms with van der Waals surface area (Å²) in [5, 5.41) is 8.85. The van der Waals surface area contributed by atoms with Gasteiger partial charge in [-0.2, -0.15) is 0 Å². The van der Waals surface area contributed by atoms with Gasteiger partial charge >= 0.3 is 5.97 Å². The average Bonchev–Trinajstić information content (AvgIpc) is 2.03. The number of rotatable bonds is 5. The van der Waals surface area contributed by atoms with Gasteiger partial charge in [0.1, 0.15) is 0 Å². The van der Waals surface area contributed by atoms with Gasteiger partial charge in [0.05, 0.1) is 5.92 Å². The largest absolute Gasteiger partial charge is 0.481 e. The van der Waals surface area contributed by atoms with Crippen LogP contribution in [0.15, 0.2) is 23.8 Å². The quantitative estimate of drug-likeness (QED) is 0.663. The highest BCUT2D eigenvalue weighted by atomic mass is 16.4. The van der Waals surface area contributed by atoms with Crippen molar-refractivity contribution in [3.05, 3.63) is 23.8 Å². The van der Waals surface area contributed by atoms with Gasteiger partial charge in [-0.3, -0.25) is 4.79 Å². The molecule has 13 heavy (non-hydrogen) atoms. The van der Waals surface area contributed by atoms with Crippen LogP contribution in [0.1, 0.15) is 33.6 Å². The molecule has 0 fully saturated rings. The van der Waals surface area contributed by atoms with Gasteiger partial charge in [-0.25, -0.2) is 0 Å². The minimum atomic E-state index is -0.712. The molecule has 0 aliphatic heterocycles. The first-order chi connectivity index (χ1) is 6.07. The molecule has 0 heterocycles. The van der Waals surface area contributed by atoms with Crippen molar-refractivity contribution in [1.29, 1.82) is 0 Å². The zero-order valence-electron chi connectivity index (χ0n) is 8.58. The number of carbonyl (C=O) groups is 1. The van der Waals surface area contributed by atoms with Crippen LogP contribution < -0.4 is 0 Å². The van der Waals surface area contributed by atoms with E-state index in [1.165, 1.54) is 5.57 Å². The van der Waals surface area contributed by atoms with Crippen molar-refractivity contribution in [2.45, 2.75) is 33.6 Å². The van der Waals surface area contributed by atoms with Crippen LogP contribution in [0.2, 0.25) is 0 Å². The molecule has 0 radical (unpaired) electrons. The Kier molecular flexibility index (Phi) is 5.94. The molecule has 0 rings (SSSR count). The summed E-state index contributed by atoms with van der Waals surface area (Å²) in [7, 11) is 0. The van der Waals surface area contributed by atoms with E-state index in [0.29, 0.717) is 12.8 Å². The number of allylic oxidation sites excluding steroid dienone is 4. The number of hydrogen-bond donors (Lipinski definition) is 1. The summed E-state index contributed by atoms with van der Waals surface area (Å²) < 4.78 is 0. The Bertz CT molecular complexity index is 210. The van der Waals surface area contributed by atoms with E-state index < -0.39 is 5.97 Å². The van der Waals surface area contributed by atoms with Gasteiger partial charge in [0, 0.05) is 0 Å². The molecule has 0 saturated carbocycles. The Morgan fingerprint density at radius 1 is 1.38 bits per heavy atom. The molecule has 1 unspecified atom stereocenters. The fraction of sp³-hybridized carbons (Fsp3) is 0.545. The van der Waals surface area contributed by atoms with Crippen LogP contribution in [-0.4, -0.2) is 11.1 Å². The molecule has 0 aromatic heterocycles. The molecule has 74 valence electrons. The second kappa shape index (κ2) is 6.46. The maximum atomic E-state index is 10.8. The third-order valence-electron chi connectivity index (χ3n) is 1.82. The summed E-state index contributed by atoms with van der Waals surface area (Å²) >= 11 is 0. The van der Waals surface area contributed by atoms with E-state index in [1.54, 1.807) is 0 Å². The maximum Gasteiger partial charge on any atom is 0.307 e. The van der Waals surface area contributed by atoms with Crippen molar-refractivity contribution in [1.82, 2.24) is 0 Å². The Morgan fingerprint density at radius 3 is 2.38 bits per heavy atom. The number of carboxylic acid groups (broad SMARTS) is 1. The lowest BCUT2D eigenvalue weighted by atomic mass is 10.0. The van der Waals surface area contributed by atoms with Crippen molar-refractivity contribution in [2.24, 2.45) is 5.92 Å². The van der Waals surface area contributed by atoms with E-state index in [9.17, 15) is 4.79 Å². The molecule has 0 aliphatic rings. The highest BCUT2D eigenvalue weighted by molar-refractivity contribution is 5.70. The molecule has 2 heteroatoms. The topological polar surface area (TPSA) is 37.3 Å². The molecular formula is C11H18O2. The minimum absolute atomic E-state index is 0.272. The molecule has 0 amide bonds. The minimum Gasteiger partial charge on any atom is -0.481 e. The Hall–Kier alpha value is -1.05. The van der Waals surface area contributed by atoms with E-state index in [2.05, 4.69) is 0 Å². The van der Waals surface area contributed by atoms with Gasteiger partial charge in [-0.15, -0.1) is 0 Å². The van der Waals surface area contributed by atoms with Crippen LogP contribution in [0, 0.1) is 5.92 Å². The normalized spacial score (nSPS) is 12.8. The van der Waals surface area contributed by atoms with Crippen molar-refractivity contribution in [2.75, 3.05) is 0 Å². The van der Waals surface area contributed by atoms with Crippen LogP contribution in [0.25, 0.3) is 0 Å². The van der Waals surface area contributed by atoms with Gasteiger partial charge in [0.2, 0.25) is 0 Å². The number of aliphatic carboxylic acids is 1. The molecule has 1 N–H and O–H groups in total. The fourth-order valence-corrected chi connectivity index (χ4v) is 0.976. The molecule has 0 aromatic rings. The van der Waals surface area contributed by atoms with Crippen LogP contribution >= 0.6 is 0 Å². The average molecular weight is 182 g/mol. The lowest BCUT2D eigenvalue weighted by Gasteiger charge is -2.06. The van der Waals surface area contributed by atoms with Crippen molar-refractivity contribution in [3.8, 4) is 0 Å². The highest BCUT2D eigenvalue weighted by Crippen LogP contribution is 2.12. The standard InChI is InChI=1S/C11H18O2/c1-4-5-6-10(11(12)13)8-7-9(2)3/h4-5,7,10H,6,8H2,1-3H3,(H,12,13). The molecule has 0 spiro atoms. The summed E-state index contributed by atoms with van der Waals surface area (Å²) in [6.07, 6.45) is 7.01. The van der Waals surface area contributed by atoms with Gasteiger partial charge in [-0.05, 0) is 33.6 Å². The molecular weight excluding hydrogens is 164 g/mol. The lowest BCUT2D eigenvalue weighted by molar-refractivity contribution is -0.141. The van der Waals surface area contributed by atoms with Gasteiger partial charge < -0.3 is 5.11 Å². The Labute approximate surface area is 80.0 Å². The van der Waals surface area contributed by atoms with E-state index in [4.69, 9.17) is 5.11 Å². The number of hydrogen-bond acceptors (Lipinski definition) is 1. The first-order valence-electron chi connectivity index (χ1n) is 4.55. The van der Waals surface area contributed by atoms with Gasteiger partial charge in [0.15, 0.2) is 0 Å². The maximum absolute atomic E-state index is 10.8. The highest BCUT2D eigenvalue weighted by Gasteiger charge is 2.13. The van der Waals surface area contributed by atoms with Crippen LogP contribution in [-0.2, 0) is 4.79 Å². The van der Waals surface area contributed by atoms with E-state index in [1.807, 2.05) is 39.0 Å². The molecule has 2 nitrogen and oxygen atoms in total. The van der Waals surface area contributed by atoms with Gasteiger partial charge in [0.25, 0.3) is 0 Å². The van der Waals surface area contributed by atoms with E-state index >= 15 is 0 Å². The first kappa shape index (κ1) is 11.9. The first-order valence-corrected chi connectivity index (χ1v) is 4.55. The second-order valence-corrected chi connectivity index (χ2v) is 3.36. The van der Waals surface area contributed by atoms with Crippen molar-refractivity contribution >= 4 is 5.97 Å². The molecule has 0 aromatic carbocycles. The van der Waals surface area contributed by atoms with Crippen molar-refractivity contribution < 1.29 is 9.90 Å². The molecule has 1 atom stereocenters. The van der Waals surface area contributed by atoms with Crippen LogP contribution in [0.4, 0.5) is 0 Å². The second-order valence-electron chi connectivity index (χ2n) is 3.36. The smallest absolute Gasteiger partial charge is 0.307 e. The van der Waals surface area contributed by atoms with E-state index in [-0.39, 0.29) is 5.92 Å². The zero-order chi connectivity index (χ0) is 10.3. The van der Waals surface area contributed by atoms with Crippen molar-refractivity contribution in [3.63, 3.8) is 0 Å². The molecule has 0 bridgehead atoms.